The van der Waals surface area contributed by atoms with Gasteiger partial charge in [-0.2, -0.15) is 0 Å². The molecule has 2 unspecified atom stereocenters. The fourth-order valence-corrected chi connectivity index (χ4v) is 5.00. The minimum atomic E-state index is -0.382. The van der Waals surface area contributed by atoms with E-state index in [1.165, 1.54) is 18.5 Å². The van der Waals surface area contributed by atoms with Crippen LogP contribution in [0.4, 0.5) is 21.8 Å². The van der Waals surface area contributed by atoms with Gasteiger partial charge in [-0.15, -0.1) is 18.5 Å². The number of hydrogen-bond acceptors (Lipinski definition) is 7. The van der Waals surface area contributed by atoms with Gasteiger partial charge in [0.15, 0.2) is 5.82 Å². The molecule has 0 aliphatic carbocycles. The Kier molecular flexibility index (Phi) is 6.92. The van der Waals surface area contributed by atoms with Gasteiger partial charge in [0.1, 0.15) is 5.82 Å². The van der Waals surface area contributed by atoms with Crippen molar-refractivity contribution in [3.05, 3.63) is 60.3 Å². The summed E-state index contributed by atoms with van der Waals surface area (Å²) in [6, 6.07) is 8.24. The summed E-state index contributed by atoms with van der Waals surface area (Å²) in [5.74, 6) is 0.420. The fourth-order valence-electron chi connectivity index (χ4n) is 4.31. The molecule has 2 atom stereocenters. The number of halogens is 1. The Labute approximate surface area is 208 Å². The van der Waals surface area contributed by atoms with E-state index in [0.29, 0.717) is 60.4 Å². The zero-order chi connectivity index (χ0) is 24.4. The van der Waals surface area contributed by atoms with Gasteiger partial charge in [-0.1, -0.05) is 18.2 Å². The number of nitrogens with zero attached hydrogens (tertiary/aromatic N) is 5. The Morgan fingerprint density at radius 3 is 2.43 bits per heavy atom. The molecule has 2 fully saturated rings. The maximum Gasteiger partial charge on any atom is 0.258 e. The van der Waals surface area contributed by atoms with Crippen LogP contribution in [-0.2, 0) is 4.74 Å². The van der Waals surface area contributed by atoms with Crippen LogP contribution in [0.1, 0.15) is 16.8 Å². The molecule has 11 heteroatoms. The summed E-state index contributed by atoms with van der Waals surface area (Å²) in [5, 5.41) is 2.99. The topological polar surface area (TPSA) is 83.5 Å². The first-order chi connectivity index (χ1) is 16.9. The first kappa shape index (κ1) is 24.0. The van der Waals surface area contributed by atoms with Gasteiger partial charge in [-0.05, 0) is 18.6 Å². The van der Waals surface area contributed by atoms with Gasteiger partial charge in [-0.3, -0.25) is 4.79 Å². The second-order valence-corrected chi connectivity index (χ2v) is 11.7. The van der Waals surface area contributed by atoms with Crippen LogP contribution in [0.5, 0.6) is 0 Å². The third kappa shape index (κ3) is 5.27. The van der Waals surface area contributed by atoms with Crippen LogP contribution < -0.4 is 15.1 Å². The maximum absolute atomic E-state index is 14.8. The summed E-state index contributed by atoms with van der Waals surface area (Å²) in [4.78, 5) is 30.7. The summed E-state index contributed by atoms with van der Waals surface area (Å²) in [5.41, 5.74) is 1.74. The van der Waals surface area contributed by atoms with Crippen LogP contribution in [0, 0.1) is 5.82 Å². The van der Waals surface area contributed by atoms with Crippen molar-refractivity contribution in [3.8, 4) is 11.1 Å². The smallest absolute Gasteiger partial charge is 0.258 e. The molecule has 0 saturated carbocycles. The molecule has 182 valence electrons. The van der Waals surface area contributed by atoms with Gasteiger partial charge >= 0.3 is 0 Å². The molecule has 3 aromatic rings. The number of morpholine rings is 1. The van der Waals surface area contributed by atoms with E-state index in [4.69, 9.17) is 4.74 Å². The number of ether oxygens (including phenoxy) is 1. The molecule has 2 aromatic heterocycles. The highest BCUT2D eigenvalue weighted by Gasteiger charge is 2.32. The standard InChI is InChI=1S/C24H27FN6O2P2/c25-19-4-2-1-3-17(19)18-5-7-26-21(31-8-6-24(34,35)15-31)20(18)29-22(32)16-13-27-23(28-14-16)30-9-11-33-12-10-30/h1-5,7,13-14H,6,8-12,15,34-35H2,(H,29,32). The Morgan fingerprint density at radius 2 is 1.74 bits per heavy atom. The van der Waals surface area contributed by atoms with Gasteiger partial charge in [0.2, 0.25) is 5.95 Å². The van der Waals surface area contributed by atoms with Crippen LogP contribution in [-0.4, -0.2) is 65.1 Å². The van der Waals surface area contributed by atoms with Crippen molar-refractivity contribution in [1.82, 2.24) is 15.0 Å². The molecule has 1 amide bonds. The molecule has 0 spiro atoms. The highest BCUT2D eigenvalue weighted by atomic mass is 31.1. The number of carbonyl (C=O) groups excluding carboxylic acids is 1. The molecular formula is C24H27FN6O2P2. The third-order valence-corrected chi connectivity index (χ3v) is 7.10. The lowest BCUT2D eigenvalue weighted by molar-refractivity contribution is 0.102. The van der Waals surface area contributed by atoms with Gasteiger partial charge in [0, 0.05) is 60.8 Å². The van der Waals surface area contributed by atoms with E-state index in [1.807, 2.05) is 4.90 Å². The average Bonchev–Trinajstić information content (AvgIpc) is 3.24. The normalized spacial score (nSPS) is 17.5. The molecule has 1 aromatic carbocycles. The third-order valence-electron chi connectivity index (χ3n) is 6.16. The molecular weight excluding hydrogens is 485 g/mol. The molecule has 8 nitrogen and oxygen atoms in total. The van der Waals surface area contributed by atoms with Gasteiger partial charge < -0.3 is 19.9 Å². The summed E-state index contributed by atoms with van der Waals surface area (Å²) in [6.07, 6.45) is 5.60. The quantitative estimate of drug-likeness (QED) is 0.525. The molecule has 0 bridgehead atoms. The number of pyridine rings is 1. The van der Waals surface area contributed by atoms with Crippen LogP contribution in [0.3, 0.4) is 0 Å². The van der Waals surface area contributed by atoms with Crippen LogP contribution in [0.15, 0.2) is 48.9 Å². The largest absolute Gasteiger partial charge is 0.378 e. The first-order valence-corrected chi connectivity index (χ1v) is 12.6. The van der Waals surface area contributed by atoms with Crippen molar-refractivity contribution in [2.75, 3.05) is 54.5 Å². The number of anilines is 3. The molecule has 2 saturated heterocycles. The van der Waals surface area contributed by atoms with Gasteiger partial charge in [-0.25, -0.2) is 19.3 Å². The zero-order valence-corrected chi connectivity index (χ0v) is 21.5. The Morgan fingerprint density at radius 1 is 1.00 bits per heavy atom. The van der Waals surface area contributed by atoms with Crippen molar-refractivity contribution in [1.29, 1.82) is 0 Å². The number of rotatable bonds is 5. The second kappa shape index (κ2) is 10.1. The summed E-state index contributed by atoms with van der Waals surface area (Å²) >= 11 is 0. The lowest BCUT2D eigenvalue weighted by Gasteiger charge is -2.26. The van der Waals surface area contributed by atoms with Gasteiger partial charge in [0.05, 0.1) is 24.5 Å². The number of hydrogen-bond donors (Lipinski definition) is 1. The lowest BCUT2D eigenvalue weighted by atomic mass is 10.0. The highest BCUT2D eigenvalue weighted by molar-refractivity contribution is 7.40. The molecule has 5 rings (SSSR count). The lowest BCUT2D eigenvalue weighted by Crippen LogP contribution is -2.37. The zero-order valence-electron chi connectivity index (χ0n) is 19.2. The van der Waals surface area contributed by atoms with E-state index in [0.717, 1.165) is 19.5 Å². The minimum absolute atomic E-state index is 0.0415. The summed E-state index contributed by atoms with van der Waals surface area (Å²) < 4.78 is 20.2. The SMILES string of the molecule is O=C(Nc1c(-c2ccccc2F)ccnc1N1CCC(P)(P)C1)c1cnc(N2CCOCC2)nc1. The second-order valence-electron chi connectivity index (χ2n) is 8.77. The van der Waals surface area contributed by atoms with E-state index in [-0.39, 0.29) is 16.6 Å². The average molecular weight is 512 g/mol. The van der Waals surface area contributed by atoms with E-state index >= 15 is 0 Å². The van der Waals surface area contributed by atoms with Crippen LogP contribution in [0.25, 0.3) is 11.1 Å². The van der Waals surface area contributed by atoms with Gasteiger partial charge in [0.25, 0.3) is 5.91 Å². The van der Waals surface area contributed by atoms with Crippen molar-refractivity contribution >= 4 is 41.8 Å². The monoisotopic (exact) mass is 512 g/mol. The number of aromatic nitrogens is 3. The number of carbonyl (C=O) groups is 1. The summed E-state index contributed by atoms with van der Waals surface area (Å²) in [6.45, 7) is 4.15. The molecule has 2 aliphatic heterocycles. The Balaban J connectivity index is 1.47. The molecule has 1 N–H and O–H groups in total. The minimum Gasteiger partial charge on any atom is -0.378 e. The highest BCUT2D eigenvalue weighted by Crippen LogP contribution is 2.42. The maximum atomic E-state index is 14.8. The Hall–Kier alpha value is -2.73. The van der Waals surface area contributed by atoms with E-state index in [9.17, 15) is 9.18 Å². The molecule has 2 aliphatic rings. The molecule has 35 heavy (non-hydrogen) atoms. The first-order valence-electron chi connectivity index (χ1n) is 11.4. The van der Waals surface area contributed by atoms with Crippen LogP contribution in [0.2, 0.25) is 0 Å². The van der Waals surface area contributed by atoms with E-state index in [1.54, 1.807) is 30.5 Å². The Bertz CT molecular complexity index is 1220. The fraction of sp³-hybridized carbons (Fsp3) is 0.333. The van der Waals surface area contributed by atoms with E-state index in [2.05, 4.69) is 43.6 Å². The van der Waals surface area contributed by atoms with Crippen molar-refractivity contribution < 1.29 is 13.9 Å². The number of nitrogens with one attached hydrogen (secondary N) is 1. The number of benzene rings is 1. The predicted molar refractivity (Wildman–Crippen MR) is 142 cm³/mol. The van der Waals surface area contributed by atoms with E-state index < -0.39 is 0 Å². The summed E-state index contributed by atoms with van der Waals surface area (Å²) in [7, 11) is 5.72. The predicted octanol–water partition coefficient (Wildman–Crippen LogP) is 3.42. The van der Waals surface area contributed by atoms with Crippen molar-refractivity contribution in [2.45, 2.75) is 11.3 Å². The van der Waals surface area contributed by atoms with Crippen molar-refractivity contribution in [2.24, 2.45) is 0 Å². The molecule has 0 radical (unpaired) electrons. The van der Waals surface area contributed by atoms with Crippen molar-refractivity contribution in [3.63, 3.8) is 0 Å². The molecule has 4 heterocycles. The van der Waals surface area contributed by atoms with Crippen LogP contribution >= 0.6 is 18.5 Å². The number of amides is 1.